The SMILES string of the molecule is CSc1ccccc1[C@H](C(=O)O)N1CCCC1. The van der Waals surface area contributed by atoms with Gasteiger partial charge in [-0.3, -0.25) is 9.69 Å². The van der Waals surface area contributed by atoms with Gasteiger partial charge in [-0.2, -0.15) is 0 Å². The van der Waals surface area contributed by atoms with Gasteiger partial charge < -0.3 is 5.11 Å². The van der Waals surface area contributed by atoms with Gasteiger partial charge in [-0.05, 0) is 43.8 Å². The zero-order valence-corrected chi connectivity index (χ0v) is 10.7. The molecule has 3 nitrogen and oxygen atoms in total. The largest absolute Gasteiger partial charge is 0.480 e. The summed E-state index contributed by atoms with van der Waals surface area (Å²) < 4.78 is 0. The number of hydrogen-bond donors (Lipinski definition) is 1. The molecular formula is C13H17NO2S. The Morgan fingerprint density at radius 1 is 1.35 bits per heavy atom. The molecule has 1 saturated heterocycles. The van der Waals surface area contributed by atoms with E-state index in [0.717, 1.165) is 36.4 Å². The standard InChI is InChI=1S/C13H17NO2S/c1-17-11-7-3-2-6-10(11)12(13(15)16)14-8-4-5-9-14/h2-3,6-7,12H,4-5,8-9H2,1H3,(H,15,16)/t12-/m1/s1. The van der Waals surface area contributed by atoms with E-state index >= 15 is 0 Å². The zero-order valence-electron chi connectivity index (χ0n) is 9.93. The van der Waals surface area contributed by atoms with Crippen LogP contribution in [0.1, 0.15) is 24.4 Å². The minimum atomic E-state index is -0.742. The van der Waals surface area contributed by atoms with Crippen molar-refractivity contribution in [1.82, 2.24) is 4.90 Å². The van der Waals surface area contributed by atoms with Gasteiger partial charge in [0.25, 0.3) is 0 Å². The van der Waals surface area contributed by atoms with Crippen molar-refractivity contribution in [1.29, 1.82) is 0 Å². The molecule has 0 saturated carbocycles. The van der Waals surface area contributed by atoms with Gasteiger partial charge in [0.2, 0.25) is 0 Å². The number of thioether (sulfide) groups is 1. The highest BCUT2D eigenvalue weighted by Gasteiger charge is 2.30. The van der Waals surface area contributed by atoms with Crippen molar-refractivity contribution >= 4 is 17.7 Å². The molecule has 1 fully saturated rings. The molecule has 0 bridgehead atoms. The number of carbonyl (C=O) groups is 1. The Balaban J connectivity index is 2.34. The number of nitrogens with zero attached hydrogens (tertiary/aromatic N) is 1. The van der Waals surface area contributed by atoms with Crippen molar-refractivity contribution < 1.29 is 9.90 Å². The van der Waals surface area contributed by atoms with Crippen molar-refractivity contribution in [2.24, 2.45) is 0 Å². The molecule has 0 aliphatic carbocycles. The van der Waals surface area contributed by atoms with Gasteiger partial charge in [-0.1, -0.05) is 18.2 Å². The normalized spacial score (nSPS) is 18.2. The molecule has 0 aromatic heterocycles. The van der Waals surface area contributed by atoms with Crippen LogP contribution in [0.2, 0.25) is 0 Å². The lowest BCUT2D eigenvalue weighted by molar-refractivity contribution is -0.143. The second kappa shape index (κ2) is 5.56. The van der Waals surface area contributed by atoms with Crippen molar-refractivity contribution in [3.8, 4) is 0 Å². The maximum absolute atomic E-state index is 11.5. The number of carboxylic acids is 1. The van der Waals surface area contributed by atoms with Crippen molar-refractivity contribution in [3.05, 3.63) is 29.8 Å². The maximum atomic E-state index is 11.5. The van der Waals surface area contributed by atoms with Crippen LogP contribution in [0.25, 0.3) is 0 Å². The minimum Gasteiger partial charge on any atom is -0.480 e. The van der Waals surface area contributed by atoms with Crippen LogP contribution in [-0.4, -0.2) is 35.3 Å². The van der Waals surface area contributed by atoms with E-state index in [1.165, 1.54) is 0 Å². The number of benzene rings is 1. The highest BCUT2D eigenvalue weighted by atomic mass is 32.2. The molecule has 0 spiro atoms. The first-order valence-electron chi connectivity index (χ1n) is 5.84. The number of aliphatic carboxylic acids is 1. The number of carboxylic acid groups (broad SMARTS) is 1. The number of rotatable bonds is 4. The van der Waals surface area contributed by atoms with E-state index in [4.69, 9.17) is 0 Å². The van der Waals surface area contributed by atoms with E-state index in [9.17, 15) is 9.90 Å². The first-order valence-corrected chi connectivity index (χ1v) is 7.06. The molecule has 1 aliphatic heterocycles. The molecule has 1 N–H and O–H groups in total. The monoisotopic (exact) mass is 251 g/mol. The van der Waals surface area contributed by atoms with Crippen molar-refractivity contribution in [2.45, 2.75) is 23.8 Å². The van der Waals surface area contributed by atoms with Crippen LogP contribution in [0, 0.1) is 0 Å². The van der Waals surface area contributed by atoms with Crippen LogP contribution in [0.15, 0.2) is 29.2 Å². The average molecular weight is 251 g/mol. The van der Waals surface area contributed by atoms with Crippen molar-refractivity contribution in [2.75, 3.05) is 19.3 Å². The van der Waals surface area contributed by atoms with Gasteiger partial charge in [0.1, 0.15) is 6.04 Å². The Labute approximate surface area is 106 Å². The molecular weight excluding hydrogens is 234 g/mol. The molecule has 0 radical (unpaired) electrons. The van der Waals surface area contributed by atoms with Gasteiger partial charge in [-0.15, -0.1) is 11.8 Å². The van der Waals surface area contributed by atoms with Gasteiger partial charge in [0.05, 0.1) is 0 Å². The van der Waals surface area contributed by atoms with Gasteiger partial charge in [0, 0.05) is 4.90 Å². The van der Waals surface area contributed by atoms with Crippen LogP contribution in [0.3, 0.4) is 0 Å². The Bertz CT molecular complexity index is 402. The lowest BCUT2D eigenvalue weighted by Gasteiger charge is -2.25. The Hall–Kier alpha value is -1.00. The Morgan fingerprint density at radius 2 is 2.00 bits per heavy atom. The van der Waals surface area contributed by atoms with Crippen LogP contribution in [0.5, 0.6) is 0 Å². The van der Waals surface area contributed by atoms with Crippen LogP contribution < -0.4 is 0 Å². The maximum Gasteiger partial charge on any atom is 0.325 e. The summed E-state index contributed by atoms with van der Waals surface area (Å²) in [4.78, 5) is 14.6. The van der Waals surface area contributed by atoms with Crippen LogP contribution in [-0.2, 0) is 4.79 Å². The first kappa shape index (κ1) is 12.5. The van der Waals surface area contributed by atoms with E-state index in [0.29, 0.717) is 0 Å². The molecule has 1 aromatic rings. The van der Waals surface area contributed by atoms with Crippen LogP contribution in [0.4, 0.5) is 0 Å². The third kappa shape index (κ3) is 2.64. The smallest absolute Gasteiger partial charge is 0.325 e. The number of likely N-dealkylation sites (tertiary alicyclic amines) is 1. The quantitative estimate of drug-likeness (QED) is 0.835. The third-order valence-electron chi connectivity index (χ3n) is 3.17. The fourth-order valence-corrected chi connectivity index (χ4v) is 3.01. The number of hydrogen-bond acceptors (Lipinski definition) is 3. The topological polar surface area (TPSA) is 40.5 Å². The van der Waals surface area contributed by atoms with Crippen LogP contribution >= 0.6 is 11.8 Å². The van der Waals surface area contributed by atoms with Gasteiger partial charge in [-0.25, -0.2) is 0 Å². The summed E-state index contributed by atoms with van der Waals surface area (Å²) in [6.07, 6.45) is 4.19. The zero-order chi connectivity index (χ0) is 12.3. The summed E-state index contributed by atoms with van der Waals surface area (Å²) in [5, 5.41) is 9.46. The highest BCUT2D eigenvalue weighted by Crippen LogP contribution is 2.31. The molecule has 0 amide bonds. The predicted molar refractivity (Wildman–Crippen MR) is 69.4 cm³/mol. The highest BCUT2D eigenvalue weighted by molar-refractivity contribution is 7.98. The lowest BCUT2D eigenvalue weighted by atomic mass is 10.1. The summed E-state index contributed by atoms with van der Waals surface area (Å²) in [5.41, 5.74) is 0.925. The second-order valence-corrected chi connectivity index (χ2v) is 5.07. The molecule has 1 aromatic carbocycles. The molecule has 2 rings (SSSR count). The summed E-state index contributed by atoms with van der Waals surface area (Å²) in [5.74, 6) is -0.742. The fourth-order valence-electron chi connectivity index (χ4n) is 2.38. The Morgan fingerprint density at radius 3 is 2.59 bits per heavy atom. The summed E-state index contributed by atoms with van der Waals surface area (Å²) >= 11 is 1.61. The fraction of sp³-hybridized carbons (Fsp3) is 0.462. The van der Waals surface area contributed by atoms with E-state index in [2.05, 4.69) is 4.90 Å². The summed E-state index contributed by atoms with van der Waals surface area (Å²) in [6, 6.07) is 7.31. The van der Waals surface area contributed by atoms with Crippen molar-refractivity contribution in [3.63, 3.8) is 0 Å². The summed E-state index contributed by atoms with van der Waals surface area (Å²) in [6.45, 7) is 1.78. The molecule has 4 heteroatoms. The molecule has 0 unspecified atom stereocenters. The van der Waals surface area contributed by atoms with E-state index in [1.54, 1.807) is 11.8 Å². The molecule has 92 valence electrons. The van der Waals surface area contributed by atoms with E-state index in [1.807, 2.05) is 30.5 Å². The molecule has 1 atom stereocenters. The first-order chi connectivity index (χ1) is 8.24. The minimum absolute atomic E-state index is 0.485. The third-order valence-corrected chi connectivity index (χ3v) is 3.98. The molecule has 17 heavy (non-hydrogen) atoms. The lowest BCUT2D eigenvalue weighted by Crippen LogP contribution is -2.32. The van der Waals surface area contributed by atoms with Gasteiger partial charge >= 0.3 is 5.97 Å². The average Bonchev–Trinajstić information content (AvgIpc) is 2.83. The Kier molecular flexibility index (Phi) is 4.07. The summed E-state index contributed by atoms with van der Waals surface area (Å²) in [7, 11) is 0. The van der Waals surface area contributed by atoms with Gasteiger partial charge in [0.15, 0.2) is 0 Å². The van der Waals surface area contributed by atoms with E-state index in [-0.39, 0.29) is 0 Å². The molecule has 1 heterocycles. The molecule has 1 aliphatic rings. The van der Waals surface area contributed by atoms with E-state index < -0.39 is 12.0 Å². The second-order valence-electron chi connectivity index (χ2n) is 4.23. The predicted octanol–water partition coefficient (Wildman–Crippen LogP) is 2.63.